The Kier molecular flexibility index (Phi) is 8.22. The van der Waals surface area contributed by atoms with E-state index in [4.69, 9.17) is 4.74 Å². The quantitative estimate of drug-likeness (QED) is 0.294. The largest absolute Gasteiger partial charge is 0.508 e. The average Bonchev–Trinajstić information content (AvgIpc) is 3.39. The molecule has 0 radical (unpaired) electrons. The molecule has 3 aromatic rings. The van der Waals surface area contributed by atoms with Crippen molar-refractivity contribution >= 4 is 22.7 Å². The molecule has 35 heavy (non-hydrogen) atoms. The number of hydrogen-bond donors (Lipinski definition) is 2. The Morgan fingerprint density at radius 1 is 0.914 bits per heavy atom. The van der Waals surface area contributed by atoms with Gasteiger partial charge in [0.1, 0.15) is 18.1 Å². The van der Waals surface area contributed by atoms with Gasteiger partial charge in [-0.3, -0.25) is 4.79 Å². The predicted molar refractivity (Wildman–Crippen MR) is 142 cm³/mol. The predicted octanol–water partition coefficient (Wildman–Crippen LogP) is 6.07. The van der Waals surface area contributed by atoms with Crippen LogP contribution in [-0.4, -0.2) is 43.2 Å². The van der Waals surface area contributed by atoms with Crippen molar-refractivity contribution in [3.8, 4) is 11.5 Å². The van der Waals surface area contributed by atoms with E-state index in [9.17, 15) is 9.90 Å². The van der Waals surface area contributed by atoms with Gasteiger partial charge in [0.05, 0.1) is 5.57 Å². The molecule has 0 unspecified atom stereocenters. The van der Waals surface area contributed by atoms with Crippen molar-refractivity contribution in [3.63, 3.8) is 0 Å². The number of phenolic OH excluding ortho intramolecular Hbond substituents is 1. The van der Waals surface area contributed by atoms with Crippen LogP contribution in [0.1, 0.15) is 36.8 Å². The van der Waals surface area contributed by atoms with Gasteiger partial charge < -0.3 is 20.1 Å². The zero-order chi connectivity index (χ0) is 24.6. The lowest BCUT2D eigenvalue weighted by Crippen LogP contribution is -2.19. The Bertz CT molecular complexity index is 1130. The molecule has 0 aliphatic heterocycles. The molecule has 1 fully saturated rings. The van der Waals surface area contributed by atoms with E-state index in [1.807, 2.05) is 68.7 Å². The standard InChI is InChI=1S/C30H34N2O3/c1-32(2)20-21-35-27-18-14-25(15-19-27)31-30(34)29(24-12-16-26(33)17-13-24)28(23-10-6-7-11-23)22-8-4-3-5-9-22/h3-5,8-9,12-19,23,33H,6-7,10-11,20-21H2,1-2H3,(H,31,34). The lowest BCUT2D eigenvalue weighted by molar-refractivity contribution is -0.111. The maximum atomic E-state index is 13.8. The van der Waals surface area contributed by atoms with E-state index in [0.29, 0.717) is 23.8 Å². The molecule has 5 nitrogen and oxygen atoms in total. The molecule has 0 heterocycles. The Labute approximate surface area is 208 Å². The van der Waals surface area contributed by atoms with E-state index in [1.54, 1.807) is 12.1 Å². The third kappa shape index (κ3) is 6.52. The number of benzene rings is 3. The highest BCUT2D eigenvalue weighted by Crippen LogP contribution is 2.41. The average molecular weight is 471 g/mol. The number of nitrogens with one attached hydrogen (secondary N) is 1. The minimum atomic E-state index is -0.150. The normalized spacial score (nSPS) is 14.6. The highest BCUT2D eigenvalue weighted by atomic mass is 16.5. The zero-order valence-corrected chi connectivity index (χ0v) is 20.5. The minimum Gasteiger partial charge on any atom is -0.508 e. The molecule has 2 N–H and O–H groups in total. The molecule has 0 saturated heterocycles. The van der Waals surface area contributed by atoms with Crippen molar-refractivity contribution in [1.29, 1.82) is 0 Å². The van der Waals surface area contributed by atoms with E-state index >= 15 is 0 Å². The maximum Gasteiger partial charge on any atom is 0.256 e. The molecule has 4 rings (SSSR count). The number of hydrogen-bond acceptors (Lipinski definition) is 4. The first kappa shape index (κ1) is 24.6. The molecule has 3 aromatic carbocycles. The van der Waals surface area contributed by atoms with Crippen molar-refractivity contribution in [2.75, 3.05) is 32.6 Å². The number of phenols is 1. The van der Waals surface area contributed by atoms with Crippen molar-refractivity contribution in [2.24, 2.45) is 5.92 Å². The van der Waals surface area contributed by atoms with Crippen LogP contribution in [0.3, 0.4) is 0 Å². The second-order valence-electron chi connectivity index (χ2n) is 9.31. The van der Waals surface area contributed by atoms with Crippen LogP contribution in [-0.2, 0) is 4.79 Å². The number of likely N-dealkylation sites (N-methyl/N-ethyl adjacent to an activating group) is 1. The van der Waals surface area contributed by atoms with Crippen LogP contribution in [0.5, 0.6) is 11.5 Å². The van der Waals surface area contributed by atoms with E-state index < -0.39 is 0 Å². The van der Waals surface area contributed by atoms with Gasteiger partial charge in [-0.1, -0.05) is 55.3 Å². The van der Waals surface area contributed by atoms with Crippen LogP contribution in [0.15, 0.2) is 78.9 Å². The van der Waals surface area contributed by atoms with Crippen LogP contribution in [0.2, 0.25) is 0 Å². The summed E-state index contributed by atoms with van der Waals surface area (Å²) in [6.07, 6.45) is 4.47. The summed E-state index contributed by atoms with van der Waals surface area (Å²) in [5.74, 6) is 1.12. The van der Waals surface area contributed by atoms with E-state index in [2.05, 4.69) is 22.3 Å². The van der Waals surface area contributed by atoms with Gasteiger partial charge in [0.15, 0.2) is 0 Å². The Balaban J connectivity index is 1.67. The molecular formula is C30H34N2O3. The van der Waals surface area contributed by atoms with Crippen LogP contribution >= 0.6 is 0 Å². The first-order valence-electron chi connectivity index (χ1n) is 12.3. The summed E-state index contributed by atoms with van der Waals surface area (Å²) < 4.78 is 5.78. The van der Waals surface area contributed by atoms with Crippen LogP contribution < -0.4 is 10.1 Å². The number of ether oxygens (including phenoxy) is 1. The van der Waals surface area contributed by atoms with Crippen molar-refractivity contribution in [3.05, 3.63) is 90.0 Å². The van der Waals surface area contributed by atoms with Crippen LogP contribution in [0.25, 0.3) is 11.1 Å². The molecule has 1 aliphatic rings. The Morgan fingerprint density at radius 3 is 2.20 bits per heavy atom. The second-order valence-corrected chi connectivity index (χ2v) is 9.31. The summed E-state index contributed by atoms with van der Waals surface area (Å²) in [7, 11) is 4.02. The highest BCUT2D eigenvalue weighted by molar-refractivity contribution is 6.31. The topological polar surface area (TPSA) is 61.8 Å². The summed E-state index contributed by atoms with van der Waals surface area (Å²) in [5, 5.41) is 13.0. The van der Waals surface area contributed by atoms with Crippen molar-refractivity contribution < 1.29 is 14.6 Å². The number of allylic oxidation sites excluding steroid dienone is 1. The van der Waals surface area contributed by atoms with Gasteiger partial charge in [-0.2, -0.15) is 0 Å². The summed E-state index contributed by atoms with van der Waals surface area (Å²) in [4.78, 5) is 15.9. The molecule has 0 spiro atoms. The lowest BCUT2D eigenvalue weighted by Gasteiger charge is -2.21. The van der Waals surface area contributed by atoms with Gasteiger partial charge in [-0.15, -0.1) is 0 Å². The maximum absolute atomic E-state index is 13.8. The van der Waals surface area contributed by atoms with E-state index in [-0.39, 0.29) is 11.7 Å². The number of carbonyl (C=O) groups excluding carboxylic acids is 1. The lowest BCUT2D eigenvalue weighted by atomic mass is 9.84. The van der Waals surface area contributed by atoms with Crippen LogP contribution in [0.4, 0.5) is 5.69 Å². The molecule has 182 valence electrons. The molecule has 0 atom stereocenters. The van der Waals surface area contributed by atoms with Gasteiger partial charge >= 0.3 is 0 Å². The fourth-order valence-electron chi connectivity index (χ4n) is 4.63. The fraction of sp³-hybridized carbons (Fsp3) is 0.300. The third-order valence-electron chi connectivity index (χ3n) is 6.42. The minimum absolute atomic E-state index is 0.150. The molecule has 1 saturated carbocycles. The Morgan fingerprint density at radius 2 is 1.57 bits per heavy atom. The van der Waals surface area contributed by atoms with Gasteiger partial charge in [-0.05, 0) is 86.0 Å². The number of carbonyl (C=O) groups is 1. The summed E-state index contributed by atoms with van der Waals surface area (Å²) in [6, 6.07) is 24.6. The van der Waals surface area contributed by atoms with Gasteiger partial charge in [-0.25, -0.2) is 0 Å². The molecule has 0 aromatic heterocycles. The number of aromatic hydroxyl groups is 1. The summed E-state index contributed by atoms with van der Waals surface area (Å²) in [6.45, 7) is 1.44. The third-order valence-corrected chi connectivity index (χ3v) is 6.42. The summed E-state index contributed by atoms with van der Waals surface area (Å²) in [5.41, 5.74) is 4.33. The molecule has 0 bridgehead atoms. The smallest absolute Gasteiger partial charge is 0.256 e. The number of rotatable bonds is 9. The molecule has 1 amide bonds. The van der Waals surface area contributed by atoms with E-state index in [1.165, 1.54) is 12.8 Å². The van der Waals surface area contributed by atoms with Crippen LogP contribution in [0, 0.1) is 5.92 Å². The molecule has 5 heteroatoms. The van der Waals surface area contributed by atoms with Gasteiger partial charge in [0, 0.05) is 12.2 Å². The zero-order valence-electron chi connectivity index (χ0n) is 20.5. The monoisotopic (exact) mass is 470 g/mol. The number of nitrogens with zero attached hydrogens (tertiary/aromatic N) is 1. The van der Waals surface area contributed by atoms with Gasteiger partial charge in [0.2, 0.25) is 0 Å². The second kappa shape index (κ2) is 11.7. The number of amides is 1. The first-order chi connectivity index (χ1) is 17.0. The molecule has 1 aliphatic carbocycles. The van der Waals surface area contributed by atoms with Crippen molar-refractivity contribution in [2.45, 2.75) is 25.7 Å². The number of anilines is 1. The fourth-order valence-corrected chi connectivity index (χ4v) is 4.63. The van der Waals surface area contributed by atoms with Crippen molar-refractivity contribution in [1.82, 2.24) is 4.90 Å². The molecular weight excluding hydrogens is 436 g/mol. The summed E-state index contributed by atoms with van der Waals surface area (Å²) >= 11 is 0. The highest BCUT2D eigenvalue weighted by Gasteiger charge is 2.27. The Hall–Kier alpha value is -3.57. The van der Waals surface area contributed by atoms with E-state index in [0.717, 1.165) is 41.8 Å². The first-order valence-corrected chi connectivity index (χ1v) is 12.3. The SMILES string of the molecule is CN(C)CCOc1ccc(NC(=O)C(=C(c2ccccc2)C2CCCC2)c2ccc(O)cc2)cc1. The van der Waals surface area contributed by atoms with Gasteiger partial charge in [0.25, 0.3) is 5.91 Å².